The number of carbonyl (C=O) groups is 1. The molecule has 1 saturated heterocycles. The van der Waals surface area contributed by atoms with Gasteiger partial charge in [-0.05, 0) is 50.2 Å². The molecule has 0 saturated carbocycles. The van der Waals surface area contributed by atoms with Crippen LogP contribution in [-0.2, 0) is 6.42 Å². The summed E-state index contributed by atoms with van der Waals surface area (Å²) in [5.41, 5.74) is 3.33. The van der Waals surface area contributed by atoms with E-state index in [0.29, 0.717) is 6.04 Å². The highest BCUT2D eigenvalue weighted by Crippen LogP contribution is 2.32. The standard InChI is InChI=1S/C17H25N3O/c1-12-8-10-20(11-9-12)17(21)19-15-5-3-4-14-7-6-13(2)18-16(14)15/h3-5,12-13,18H,6-11H2,1-2H3,(H,19,21). The van der Waals surface area contributed by atoms with Crippen molar-refractivity contribution in [2.75, 3.05) is 23.7 Å². The zero-order valence-corrected chi connectivity index (χ0v) is 13.0. The molecule has 0 bridgehead atoms. The molecule has 1 atom stereocenters. The summed E-state index contributed by atoms with van der Waals surface area (Å²) in [6, 6.07) is 6.67. The van der Waals surface area contributed by atoms with Crippen LogP contribution in [0.4, 0.5) is 16.2 Å². The maximum absolute atomic E-state index is 12.4. The van der Waals surface area contributed by atoms with E-state index in [2.05, 4.69) is 30.5 Å². The second-order valence-electron chi connectivity index (χ2n) is 6.52. The molecule has 1 aromatic rings. The van der Waals surface area contributed by atoms with Gasteiger partial charge in [-0.15, -0.1) is 0 Å². The van der Waals surface area contributed by atoms with E-state index in [1.54, 1.807) is 0 Å². The number of likely N-dealkylation sites (tertiary alicyclic amines) is 1. The van der Waals surface area contributed by atoms with Gasteiger partial charge in [0.25, 0.3) is 0 Å². The van der Waals surface area contributed by atoms with Crippen molar-refractivity contribution in [1.82, 2.24) is 4.90 Å². The maximum Gasteiger partial charge on any atom is 0.321 e. The summed E-state index contributed by atoms with van der Waals surface area (Å²) in [6.07, 6.45) is 4.44. The number of hydrogen-bond donors (Lipinski definition) is 2. The first-order chi connectivity index (χ1) is 10.1. The smallest absolute Gasteiger partial charge is 0.321 e. The molecule has 4 nitrogen and oxygen atoms in total. The largest absolute Gasteiger partial charge is 0.381 e. The quantitative estimate of drug-likeness (QED) is 0.827. The Bertz CT molecular complexity index is 521. The number of piperidine rings is 1. The van der Waals surface area contributed by atoms with Gasteiger partial charge < -0.3 is 15.5 Å². The van der Waals surface area contributed by atoms with Crippen molar-refractivity contribution in [3.8, 4) is 0 Å². The Labute approximate surface area is 126 Å². The van der Waals surface area contributed by atoms with Crippen LogP contribution in [0.2, 0.25) is 0 Å². The van der Waals surface area contributed by atoms with Crippen LogP contribution in [0, 0.1) is 5.92 Å². The fourth-order valence-electron chi connectivity index (χ4n) is 3.18. The molecule has 2 aliphatic rings. The molecule has 1 aromatic carbocycles. The van der Waals surface area contributed by atoms with Gasteiger partial charge in [-0.1, -0.05) is 19.1 Å². The van der Waals surface area contributed by atoms with Crippen molar-refractivity contribution >= 4 is 17.4 Å². The fourth-order valence-corrected chi connectivity index (χ4v) is 3.18. The lowest BCUT2D eigenvalue weighted by Crippen LogP contribution is -2.40. The Kier molecular flexibility index (Phi) is 4.04. The van der Waals surface area contributed by atoms with E-state index in [1.807, 2.05) is 17.0 Å². The van der Waals surface area contributed by atoms with Crippen molar-refractivity contribution in [2.45, 2.75) is 45.6 Å². The number of aryl methyl sites for hydroxylation is 1. The number of nitrogens with zero attached hydrogens (tertiary/aromatic N) is 1. The first-order valence-corrected chi connectivity index (χ1v) is 8.08. The normalized spacial score (nSPS) is 22.4. The summed E-state index contributed by atoms with van der Waals surface area (Å²) in [5, 5.41) is 6.61. The molecule has 0 aromatic heterocycles. The molecule has 21 heavy (non-hydrogen) atoms. The third kappa shape index (κ3) is 3.14. The number of para-hydroxylation sites is 1. The molecule has 4 heteroatoms. The Hall–Kier alpha value is -1.71. The van der Waals surface area contributed by atoms with Gasteiger partial charge in [0.15, 0.2) is 0 Å². The topological polar surface area (TPSA) is 44.4 Å². The number of fused-ring (bicyclic) bond motifs is 1. The second-order valence-corrected chi connectivity index (χ2v) is 6.52. The van der Waals surface area contributed by atoms with Gasteiger partial charge in [-0.3, -0.25) is 0 Å². The van der Waals surface area contributed by atoms with Gasteiger partial charge >= 0.3 is 6.03 Å². The van der Waals surface area contributed by atoms with Gasteiger partial charge in [0.2, 0.25) is 0 Å². The summed E-state index contributed by atoms with van der Waals surface area (Å²) in [7, 11) is 0. The Balaban J connectivity index is 1.72. The minimum atomic E-state index is 0.0373. The second kappa shape index (κ2) is 5.96. The van der Waals surface area contributed by atoms with E-state index in [4.69, 9.17) is 0 Å². The van der Waals surface area contributed by atoms with Crippen LogP contribution in [0.25, 0.3) is 0 Å². The predicted molar refractivity (Wildman–Crippen MR) is 86.8 cm³/mol. The Morgan fingerprint density at radius 2 is 2.00 bits per heavy atom. The van der Waals surface area contributed by atoms with Gasteiger partial charge in [0, 0.05) is 19.1 Å². The number of urea groups is 1. The molecule has 1 unspecified atom stereocenters. The highest BCUT2D eigenvalue weighted by Gasteiger charge is 2.22. The molecule has 0 aliphatic carbocycles. The fraction of sp³-hybridized carbons (Fsp3) is 0.588. The average molecular weight is 287 g/mol. The van der Waals surface area contributed by atoms with Crippen LogP contribution < -0.4 is 10.6 Å². The zero-order chi connectivity index (χ0) is 14.8. The van der Waals surface area contributed by atoms with E-state index in [1.165, 1.54) is 5.56 Å². The van der Waals surface area contributed by atoms with Crippen molar-refractivity contribution in [3.63, 3.8) is 0 Å². The first kappa shape index (κ1) is 14.2. The highest BCUT2D eigenvalue weighted by atomic mass is 16.2. The van der Waals surface area contributed by atoms with E-state index in [0.717, 1.165) is 56.1 Å². The lowest BCUT2D eigenvalue weighted by molar-refractivity contribution is 0.186. The van der Waals surface area contributed by atoms with Gasteiger partial charge in [0.1, 0.15) is 0 Å². The van der Waals surface area contributed by atoms with Crippen LogP contribution in [-0.4, -0.2) is 30.1 Å². The lowest BCUT2D eigenvalue weighted by atomic mass is 9.98. The van der Waals surface area contributed by atoms with E-state index < -0.39 is 0 Å². The molecule has 2 amide bonds. The van der Waals surface area contributed by atoms with Crippen molar-refractivity contribution in [1.29, 1.82) is 0 Å². The molecule has 0 spiro atoms. The number of carbonyl (C=O) groups excluding carboxylic acids is 1. The van der Waals surface area contributed by atoms with E-state index in [-0.39, 0.29) is 6.03 Å². The minimum Gasteiger partial charge on any atom is -0.381 e. The number of nitrogens with one attached hydrogen (secondary N) is 2. The number of hydrogen-bond acceptors (Lipinski definition) is 2. The van der Waals surface area contributed by atoms with E-state index >= 15 is 0 Å². The van der Waals surface area contributed by atoms with Crippen LogP contribution in [0.15, 0.2) is 18.2 Å². The monoisotopic (exact) mass is 287 g/mol. The van der Waals surface area contributed by atoms with Gasteiger partial charge in [0.05, 0.1) is 11.4 Å². The molecule has 3 rings (SSSR count). The van der Waals surface area contributed by atoms with Crippen molar-refractivity contribution < 1.29 is 4.79 Å². The Morgan fingerprint density at radius 1 is 1.24 bits per heavy atom. The van der Waals surface area contributed by atoms with Crippen LogP contribution >= 0.6 is 0 Å². The van der Waals surface area contributed by atoms with Crippen molar-refractivity contribution in [2.24, 2.45) is 5.92 Å². The number of anilines is 2. The van der Waals surface area contributed by atoms with Gasteiger partial charge in [-0.25, -0.2) is 4.79 Å². The predicted octanol–water partition coefficient (Wildman–Crippen LogP) is 3.70. The summed E-state index contributed by atoms with van der Waals surface area (Å²) in [5.74, 6) is 0.737. The SMILES string of the molecule is CC1CCN(C(=O)Nc2cccc3c2NC(C)CC3)CC1. The third-order valence-electron chi connectivity index (χ3n) is 4.70. The molecular formula is C17H25N3O. The highest BCUT2D eigenvalue weighted by molar-refractivity contribution is 5.94. The lowest BCUT2D eigenvalue weighted by Gasteiger charge is -2.31. The van der Waals surface area contributed by atoms with E-state index in [9.17, 15) is 4.79 Å². The maximum atomic E-state index is 12.4. The van der Waals surface area contributed by atoms with Crippen LogP contribution in [0.5, 0.6) is 0 Å². The molecule has 2 N–H and O–H groups in total. The van der Waals surface area contributed by atoms with Crippen LogP contribution in [0.1, 0.15) is 38.7 Å². The summed E-state index contributed by atoms with van der Waals surface area (Å²) in [6.45, 7) is 6.18. The molecule has 1 fully saturated rings. The molecule has 2 heterocycles. The third-order valence-corrected chi connectivity index (χ3v) is 4.70. The number of benzene rings is 1. The molecule has 2 aliphatic heterocycles. The van der Waals surface area contributed by atoms with Crippen molar-refractivity contribution in [3.05, 3.63) is 23.8 Å². The Morgan fingerprint density at radius 3 is 2.76 bits per heavy atom. The zero-order valence-electron chi connectivity index (χ0n) is 13.0. The molecule has 114 valence electrons. The molecular weight excluding hydrogens is 262 g/mol. The average Bonchev–Trinajstić information content (AvgIpc) is 2.48. The summed E-state index contributed by atoms with van der Waals surface area (Å²) in [4.78, 5) is 14.4. The molecule has 0 radical (unpaired) electrons. The first-order valence-electron chi connectivity index (χ1n) is 8.08. The number of amides is 2. The summed E-state index contributed by atoms with van der Waals surface area (Å²) < 4.78 is 0. The minimum absolute atomic E-state index is 0.0373. The number of rotatable bonds is 1. The van der Waals surface area contributed by atoms with Gasteiger partial charge in [-0.2, -0.15) is 0 Å². The van der Waals surface area contributed by atoms with Crippen LogP contribution in [0.3, 0.4) is 0 Å². The summed E-state index contributed by atoms with van der Waals surface area (Å²) >= 11 is 0.